The van der Waals surface area contributed by atoms with Crippen LogP contribution in [0.15, 0.2) is 47.1 Å². The van der Waals surface area contributed by atoms with E-state index in [9.17, 15) is 0 Å². The molecule has 1 atom stereocenters. The summed E-state index contributed by atoms with van der Waals surface area (Å²) in [5.41, 5.74) is 2.20. The quantitative estimate of drug-likeness (QED) is 0.904. The summed E-state index contributed by atoms with van der Waals surface area (Å²) < 4.78 is 0.922. The van der Waals surface area contributed by atoms with E-state index in [1.54, 1.807) is 0 Å². The second kappa shape index (κ2) is 6.32. The Labute approximate surface area is 121 Å². The van der Waals surface area contributed by atoms with Crippen molar-refractivity contribution in [1.29, 1.82) is 0 Å². The molecule has 94 valence electrons. The average molecular weight is 326 g/mol. The Kier molecular flexibility index (Phi) is 4.75. The molecular formula is C14H14BrClN2. The van der Waals surface area contributed by atoms with Crippen LogP contribution < -0.4 is 5.32 Å². The van der Waals surface area contributed by atoms with Gasteiger partial charge in [-0.05, 0) is 52.7 Å². The third-order valence-corrected chi connectivity index (χ3v) is 3.96. The van der Waals surface area contributed by atoms with Crippen molar-refractivity contribution >= 4 is 27.5 Å². The first kappa shape index (κ1) is 13.5. The smallest absolute Gasteiger partial charge is 0.0570 e. The molecule has 0 fully saturated rings. The fourth-order valence-corrected chi connectivity index (χ4v) is 2.11. The summed E-state index contributed by atoms with van der Waals surface area (Å²) in [6.07, 6.45) is 1.81. The summed E-state index contributed by atoms with van der Waals surface area (Å²) in [6.45, 7) is 2.87. The predicted octanol–water partition coefficient (Wildman–Crippen LogP) is 4.35. The molecule has 0 bridgehead atoms. The zero-order valence-corrected chi connectivity index (χ0v) is 12.4. The van der Waals surface area contributed by atoms with Crippen molar-refractivity contribution in [1.82, 2.24) is 10.3 Å². The van der Waals surface area contributed by atoms with Crippen molar-refractivity contribution in [2.75, 3.05) is 0 Å². The lowest BCUT2D eigenvalue weighted by molar-refractivity contribution is 0.561. The van der Waals surface area contributed by atoms with E-state index in [4.69, 9.17) is 11.6 Å². The van der Waals surface area contributed by atoms with Crippen molar-refractivity contribution in [2.45, 2.75) is 19.5 Å². The maximum Gasteiger partial charge on any atom is 0.0570 e. The number of benzene rings is 1. The largest absolute Gasteiger partial charge is 0.305 e. The van der Waals surface area contributed by atoms with Gasteiger partial charge in [-0.2, -0.15) is 0 Å². The summed E-state index contributed by atoms with van der Waals surface area (Å²) in [5.74, 6) is 0. The minimum Gasteiger partial charge on any atom is -0.305 e. The molecule has 0 saturated heterocycles. The summed E-state index contributed by atoms with van der Waals surface area (Å²) in [7, 11) is 0. The van der Waals surface area contributed by atoms with Gasteiger partial charge < -0.3 is 5.32 Å². The number of pyridine rings is 1. The molecule has 0 saturated carbocycles. The van der Waals surface area contributed by atoms with Crippen LogP contribution in [0.3, 0.4) is 0 Å². The lowest BCUT2D eigenvalue weighted by Gasteiger charge is -2.13. The van der Waals surface area contributed by atoms with E-state index in [1.165, 1.54) is 0 Å². The third-order valence-electron chi connectivity index (χ3n) is 2.73. The molecule has 0 aliphatic rings. The highest BCUT2D eigenvalue weighted by molar-refractivity contribution is 9.10. The Morgan fingerprint density at radius 1 is 1.33 bits per heavy atom. The van der Waals surface area contributed by atoms with Gasteiger partial charge in [-0.15, -0.1) is 0 Å². The van der Waals surface area contributed by atoms with E-state index >= 15 is 0 Å². The van der Waals surface area contributed by atoms with Gasteiger partial charge in [0.1, 0.15) is 0 Å². The molecule has 0 spiro atoms. The van der Waals surface area contributed by atoms with Gasteiger partial charge >= 0.3 is 0 Å². The van der Waals surface area contributed by atoms with E-state index in [2.05, 4.69) is 33.2 Å². The minimum absolute atomic E-state index is 0.216. The van der Waals surface area contributed by atoms with Gasteiger partial charge in [0.05, 0.1) is 10.7 Å². The molecule has 1 aromatic heterocycles. The van der Waals surface area contributed by atoms with E-state index in [0.29, 0.717) is 0 Å². The molecule has 0 radical (unpaired) electrons. The van der Waals surface area contributed by atoms with E-state index in [1.807, 2.05) is 42.6 Å². The standard InChI is InChI=1S/C14H14BrClN2/c1-10(14-4-2-3-7-17-14)18-9-11-5-6-12(15)13(16)8-11/h2-8,10,18H,9H2,1H3/t10-/m1/s1. The van der Waals surface area contributed by atoms with Crippen LogP contribution in [-0.4, -0.2) is 4.98 Å². The maximum atomic E-state index is 6.06. The average Bonchev–Trinajstić information content (AvgIpc) is 2.41. The number of nitrogens with one attached hydrogen (secondary N) is 1. The summed E-state index contributed by atoms with van der Waals surface area (Å²) in [6, 6.07) is 12.1. The molecule has 2 aromatic rings. The van der Waals surface area contributed by atoms with Crippen LogP contribution >= 0.6 is 27.5 Å². The molecule has 1 heterocycles. The first-order chi connectivity index (χ1) is 8.66. The Hall–Kier alpha value is -0.900. The van der Waals surface area contributed by atoms with Crippen LogP contribution in [-0.2, 0) is 6.54 Å². The van der Waals surface area contributed by atoms with Crippen LogP contribution in [0.4, 0.5) is 0 Å². The van der Waals surface area contributed by atoms with Crippen LogP contribution in [0.25, 0.3) is 0 Å². The third kappa shape index (κ3) is 3.55. The Balaban J connectivity index is 1.97. The van der Waals surface area contributed by atoms with Crippen LogP contribution in [0, 0.1) is 0 Å². The zero-order valence-electron chi connectivity index (χ0n) is 10.0. The number of hydrogen-bond acceptors (Lipinski definition) is 2. The van der Waals surface area contributed by atoms with E-state index in [-0.39, 0.29) is 6.04 Å². The van der Waals surface area contributed by atoms with Gasteiger partial charge in [0.25, 0.3) is 0 Å². The second-order valence-corrected chi connectivity index (χ2v) is 5.37. The fourth-order valence-electron chi connectivity index (χ4n) is 1.66. The van der Waals surface area contributed by atoms with Crippen LogP contribution in [0.2, 0.25) is 5.02 Å². The highest BCUT2D eigenvalue weighted by atomic mass is 79.9. The van der Waals surface area contributed by atoms with Crippen molar-refractivity contribution in [3.63, 3.8) is 0 Å². The number of rotatable bonds is 4. The highest BCUT2D eigenvalue weighted by Crippen LogP contribution is 2.23. The lowest BCUT2D eigenvalue weighted by atomic mass is 10.2. The molecular weight excluding hydrogens is 312 g/mol. The van der Waals surface area contributed by atoms with Gasteiger partial charge in [0.2, 0.25) is 0 Å². The van der Waals surface area contributed by atoms with Crippen molar-refractivity contribution in [3.05, 3.63) is 63.3 Å². The number of halogens is 2. The molecule has 1 N–H and O–H groups in total. The number of nitrogens with zero attached hydrogens (tertiary/aromatic N) is 1. The maximum absolute atomic E-state index is 6.06. The monoisotopic (exact) mass is 324 g/mol. The van der Waals surface area contributed by atoms with Gasteiger partial charge in [0.15, 0.2) is 0 Å². The molecule has 4 heteroatoms. The van der Waals surface area contributed by atoms with Crippen molar-refractivity contribution in [2.24, 2.45) is 0 Å². The van der Waals surface area contributed by atoms with Gasteiger partial charge in [-0.3, -0.25) is 4.98 Å². The normalized spacial score (nSPS) is 12.4. The molecule has 0 unspecified atom stereocenters. The molecule has 0 aliphatic heterocycles. The Morgan fingerprint density at radius 3 is 2.83 bits per heavy atom. The molecule has 2 rings (SSSR count). The first-order valence-electron chi connectivity index (χ1n) is 5.75. The predicted molar refractivity (Wildman–Crippen MR) is 78.6 cm³/mol. The SMILES string of the molecule is C[C@@H](NCc1ccc(Br)c(Cl)c1)c1ccccn1. The van der Waals surface area contributed by atoms with Gasteiger partial charge in [0, 0.05) is 23.3 Å². The van der Waals surface area contributed by atoms with Gasteiger partial charge in [-0.1, -0.05) is 23.7 Å². The number of aromatic nitrogens is 1. The highest BCUT2D eigenvalue weighted by Gasteiger charge is 2.06. The molecule has 1 aromatic carbocycles. The molecule has 18 heavy (non-hydrogen) atoms. The van der Waals surface area contributed by atoms with E-state index < -0.39 is 0 Å². The van der Waals surface area contributed by atoms with Crippen LogP contribution in [0.1, 0.15) is 24.2 Å². The van der Waals surface area contributed by atoms with Crippen molar-refractivity contribution < 1.29 is 0 Å². The molecule has 2 nitrogen and oxygen atoms in total. The van der Waals surface area contributed by atoms with Gasteiger partial charge in [-0.25, -0.2) is 0 Å². The van der Waals surface area contributed by atoms with Crippen molar-refractivity contribution in [3.8, 4) is 0 Å². The Bertz CT molecular complexity index is 516. The molecule has 0 aliphatic carbocycles. The summed E-state index contributed by atoms with van der Waals surface area (Å²) in [5, 5.41) is 4.16. The Morgan fingerprint density at radius 2 is 2.17 bits per heavy atom. The summed E-state index contributed by atoms with van der Waals surface area (Å²) >= 11 is 9.44. The lowest BCUT2D eigenvalue weighted by Crippen LogP contribution is -2.18. The zero-order chi connectivity index (χ0) is 13.0. The number of hydrogen-bond donors (Lipinski definition) is 1. The second-order valence-electron chi connectivity index (χ2n) is 4.11. The fraction of sp³-hybridized carbons (Fsp3) is 0.214. The first-order valence-corrected chi connectivity index (χ1v) is 6.92. The molecule has 0 amide bonds. The van der Waals surface area contributed by atoms with Crippen LogP contribution in [0.5, 0.6) is 0 Å². The minimum atomic E-state index is 0.216. The topological polar surface area (TPSA) is 24.9 Å². The van der Waals surface area contributed by atoms with E-state index in [0.717, 1.165) is 27.3 Å². The summed E-state index contributed by atoms with van der Waals surface area (Å²) in [4.78, 5) is 4.33.